The minimum Gasteiger partial charge on any atom is -0.459 e. The van der Waals surface area contributed by atoms with E-state index in [0.29, 0.717) is 0 Å². The highest BCUT2D eigenvalue weighted by Gasteiger charge is 2.08. The Morgan fingerprint density at radius 2 is 2.07 bits per heavy atom. The molecule has 0 aliphatic rings. The van der Waals surface area contributed by atoms with Crippen molar-refractivity contribution in [3.63, 3.8) is 0 Å². The fraction of sp³-hybridized carbons (Fsp3) is 0.333. The van der Waals surface area contributed by atoms with Crippen molar-refractivity contribution in [2.24, 2.45) is 0 Å². The number of rotatable bonds is 2. The van der Waals surface area contributed by atoms with Gasteiger partial charge in [0.05, 0.1) is 6.54 Å². The van der Waals surface area contributed by atoms with E-state index < -0.39 is 0 Å². The van der Waals surface area contributed by atoms with E-state index >= 15 is 0 Å². The molecule has 0 fully saturated rings. The molecule has 0 amide bonds. The topological polar surface area (TPSA) is 25.2 Å². The minimum atomic E-state index is 0.791. The van der Waals surface area contributed by atoms with Gasteiger partial charge >= 0.3 is 0 Å². The number of hydrogen-bond acceptors (Lipinski definition) is 2. The van der Waals surface area contributed by atoms with Crippen LogP contribution in [0.4, 0.5) is 0 Å². The van der Waals surface area contributed by atoms with E-state index in [1.807, 2.05) is 13.1 Å². The summed E-state index contributed by atoms with van der Waals surface area (Å²) in [5.41, 5.74) is 3.51. The van der Waals surface area contributed by atoms with Crippen LogP contribution >= 0.6 is 0 Å². The molecule has 1 aromatic carbocycles. The molecule has 1 heterocycles. The van der Waals surface area contributed by atoms with Crippen molar-refractivity contribution < 1.29 is 4.42 Å². The first-order chi connectivity index (χ1) is 6.72. The minimum absolute atomic E-state index is 0.791. The monoisotopic (exact) mass is 189 g/mol. The first kappa shape index (κ1) is 9.28. The van der Waals surface area contributed by atoms with Crippen molar-refractivity contribution in [3.8, 4) is 0 Å². The highest BCUT2D eigenvalue weighted by atomic mass is 16.3. The van der Waals surface area contributed by atoms with Crippen LogP contribution in [0.2, 0.25) is 0 Å². The van der Waals surface area contributed by atoms with E-state index in [1.165, 1.54) is 16.5 Å². The standard InChI is InChI=1S/C12H15NO/c1-8-4-5-11-10(6-8)9(2)12(14-11)7-13-3/h4-6,13H,7H2,1-3H3. The Labute approximate surface area is 83.9 Å². The lowest BCUT2D eigenvalue weighted by Gasteiger charge is -1.94. The highest BCUT2D eigenvalue weighted by Crippen LogP contribution is 2.25. The molecular formula is C12H15NO. The maximum Gasteiger partial charge on any atom is 0.134 e. The van der Waals surface area contributed by atoms with Crippen LogP contribution in [0.25, 0.3) is 11.0 Å². The van der Waals surface area contributed by atoms with Gasteiger partial charge in [-0.15, -0.1) is 0 Å². The zero-order chi connectivity index (χ0) is 10.1. The SMILES string of the molecule is CNCc1oc2ccc(C)cc2c1C. The van der Waals surface area contributed by atoms with Crippen LogP contribution in [-0.4, -0.2) is 7.05 Å². The summed E-state index contributed by atoms with van der Waals surface area (Å²) in [7, 11) is 1.93. The second-order valence-electron chi connectivity index (χ2n) is 3.68. The summed E-state index contributed by atoms with van der Waals surface area (Å²) in [5.74, 6) is 1.04. The number of furan rings is 1. The fourth-order valence-corrected chi connectivity index (χ4v) is 1.71. The summed E-state index contributed by atoms with van der Waals surface area (Å²) in [6.07, 6.45) is 0. The zero-order valence-corrected chi connectivity index (χ0v) is 8.85. The number of nitrogens with one attached hydrogen (secondary N) is 1. The van der Waals surface area contributed by atoms with Gasteiger partial charge in [0.15, 0.2) is 0 Å². The Morgan fingerprint density at radius 3 is 2.79 bits per heavy atom. The van der Waals surface area contributed by atoms with Crippen LogP contribution in [-0.2, 0) is 6.54 Å². The molecule has 14 heavy (non-hydrogen) atoms. The number of aryl methyl sites for hydroxylation is 2. The van der Waals surface area contributed by atoms with E-state index in [0.717, 1.165) is 17.9 Å². The van der Waals surface area contributed by atoms with E-state index in [2.05, 4.69) is 31.3 Å². The van der Waals surface area contributed by atoms with Crippen LogP contribution in [0, 0.1) is 13.8 Å². The van der Waals surface area contributed by atoms with Crippen molar-refractivity contribution in [1.82, 2.24) is 5.32 Å². The van der Waals surface area contributed by atoms with E-state index in [9.17, 15) is 0 Å². The van der Waals surface area contributed by atoms with Crippen molar-refractivity contribution in [2.75, 3.05) is 7.05 Å². The van der Waals surface area contributed by atoms with Crippen LogP contribution in [0.15, 0.2) is 22.6 Å². The molecule has 0 aliphatic heterocycles. The average Bonchev–Trinajstić information content (AvgIpc) is 2.46. The van der Waals surface area contributed by atoms with Gasteiger partial charge in [0.2, 0.25) is 0 Å². The van der Waals surface area contributed by atoms with Crippen molar-refractivity contribution in [3.05, 3.63) is 35.1 Å². The predicted molar refractivity (Wildman–Crippen MR) is 58.5 cm³/mol. The molecule has 2 heteroatoms. The molecule has 2 rings (SSSR count). The molecule has 1 aromatic heterocycles. The van der Waals surface area contributed by atoms with Gasteiger partial charge in [0.25, 0.3) is 0 Å². The van der Waals surface area contributed by atoms with Crippen LogP contribution in [0.1, 0.15) is 16.9 Å². The molecule has 0 saturated heterocycles. The first-order valence-corrected chi connectivity index (χ1v) is 4.85. The lowest BCUT2D eigenvalue weighted by atomic mass is 10.1. The van der Waals surface area contributed by atoms with Gasteiger partial charge in [-0.25, -0.2) is 0 Å². The molecule has 0 bridgehead atoms. The average molecular weight is 189 g/mol. The Bertz CT molecular complexity index is 457. The Morgan fingerprint density at radius 1 is 1.29 bits per heavy atom. The van der Waals surface area contributed by atoms with Gasteiger partial charge in [-0.05, 0) is 38.6 Å². The zero-order valence-electron chi connectivity index (χ0n) is 8.85. The van der Waals surface area contributed by atoms with Crippen LogP contribution < -0.4 is 5.32 Å². The summed E-state index contributed by atoms with van der Waals surface area (Å²) in [6.45, 7) is 5.00. The molecule has 0 saturated carbocycles. The quantitative estimate of drug-likeness (QED) is 0.785. The largest absolute Gasteiger partial charge is 0.459 e. The summed E-state index contributed by atoms with van der Waals surface area (Å²) in [5, 5.41) is 4.34. The van der Waals surface area contributed by atoms with Gasteiger partial charge in [-0.3, -0.25) is 0 Å². The first-order valence-electron chi connectivity index (χ1n) is 4.85. The van der Waals surface area contributed by atoms with Gasteiger partial charge in [-0.1, -0.05) is 11.6 Å². The third-order valence-corrected chi connectivity index (χ3v) is 2.53. The van der Waals surface area contributed by atoms with Crippen molar-refractivity contribution in [1.29, 1.82) is 0 Å². The highest BCUT2D eigenvalue weighted by molar-refractivity contribution is 5.82. The van der Waals surface area contributed by atoms with E-state index in [4.69, 9.17) is 4.42 Å². The summed E-state index contributed by atoms with van der Waals surface area (Å²) in [6, 6.07) is 6.29. The van der Waals surface area contributed by atoms with Gasteiger partial charge in [0, 0.05) is 5.39 Å². The molecule has 0 radical (unpaired) electrons. The van der Waals surface area contributed by atoms with Crippen molar-refractivity contribution >= 4 is 11.0 Å². The molecule has 1 N–H and O–H groups in total. The molecular weight excluding hydrogens is 174 g/mol. The maximum atomic E-state index is 5.73. The third-order valence-electron chi connectivity index (χ3n) is 2.53. The van der Waals surface area contributed by atoms with Gasteiger partial charge in [0.1, 0.15) is 11.3 Å². The van der Waals surface area contributed by atoms with Crippen LogP contribution in [0.3, 0.4) is 0 Å². The maximum absolute atomic E-state index is 5.73. The van der Waals surface area contributed by atoms with Crippen molar-refractivity contribution in [2.45, 2.75) is 20.4 Å². The number of hydrogen-bond donors (Lipinski definition) is 1. The predicted octanol–water partition coefficient (Wildman–Crippen LogP) is 2.77. The normalized spacial score (nSPS) is 11.1. The molecule has 74 valence electrons. The van der Waals surface area contributed by atoms with E-state index in [-0.39, 0.29) is 0 Å². The molecule has 0 unspecified atom stereocenters. The molecule has 2 aromatic rings. The molecule has 0 aliphatic carbocycles. The molecule has 0 atom stereocenters. The second-order valence-corrected chi connectivity index (χ2v) is 3.68. The van der Waals surface area contributed by atoms with Crippen LogP contribution in [0.5, 0.6) is 0 Å². The third kappa shape index (κ3) is 1.42. The van der Waals surface area contributed by atoms with Gasteiger partial charge < -0.3 is 9.73 Å². The molecule has 0 spiro atoms. The Balaban J connectivity index is 2.62. The van der Waals surface area contributed by atoms with E-state index in [1.54, 1.807) is 0 Å². The number of fused-ring (bicyclic) bond motifs is 1. The lowest BCUT2D eigenvalue weighted by Crippen LogP contribution is -2.04. The Hall–Kier alpha value is -1.28. The smallest absolute Gasteiger partial charge is 0.134 e. The Kier molecular flexibility index (Phi) is 2.30. The van der Waals surface area contributed by atoms with Gasteiger partial charge in [-0.2, -0.15) is 0 Å². The second kappa shape index (κ2) is 3.46. The number of benzene rings is 1. The fourth-order valence-electron chi connectivity index (χ4n) is 1.71. The lowest BCUT2D eigenvalue weighted by molar-refractivity contribution is 0.527. The summed E-state index contributed by atoms with van der Waals surface area (Å²) >= 11 is 0. The summed E-state index contributed by atoms with van der Waals surface area (Å²) < 4.78 is 5.73. The molecule has 2 nitrogen and oxygen atoms in total. The summed E-state index contributed by atoms with van der Waals surface area (Å²) in [4.78, 5) is 0.